The van der Waals surface area contributed by atoms with Gasteiger partial charge in [-0.2, -0.15) is 13.2 Å². The molecule has 2 aliphatic rings. The molecule has 38 heavy (non-hydrogen) atoms. The molecule has 0 radical (unpaired) electrons. The van der Waals surface area contributed by atoms with Crippen LogP contribution < -0.4 is 0 Å². The zero-order valence-electron chi connectivity index (χ0n) is 22.0. The summed E-state index contributed by atoms with van der Waals surface area (Å²) in [6, 6.07) is 9.39. The standard InChI is InChI=1S/C29H36Cl2F3N3O/c1-20-16-21(18-23(17-20)29(32,33)34)8-13-35(2)28(38)27(22-6-7-25(30)26(31)19-22)37-14-9-24(10-15-37)36-11-4-3-5-12-36/h6-7,16-19,24,27H,3-5,8-15H2,1-2H3. The summed E-state index contributed by atoms with van der Waals surface area (Å²) in [6.45, 7) is 5.84. The Hall–Kier alpha value is -1.80. The van der Waals surface area contributed by atoms with Gasteiger partial charge in [0.1, 0.15) is 6.04 Å². The van der Waals surface area contributed by atoms with Crippen LogP contribution in [-0.4, -0.2) is 66.4 Å². The van der Waals surface area contributed by atoms with Crippen molar-refractivity contribution in [1.29, 1.82) is 0 Å². The van der Waals surface area contributed by atoms with Gasteiger partial charge in [-0.15, -0.1) is 0 Å². The summed E-state index contributed by atoms with van der Waals surface area (Å²) in [6.07, 6.45) is 1.73. The van der Waals surface area contributed by atoms with Crippen LogP contribution >= 0.6 is 23.2 Å². The van der Waals surface area contributed by atoms with Crippen molar-refractivity contribution in [3.05, 3.63) is 68.7 Å². The highest BCUT2D eigenvalue weighted by molar-refractivity contribution is 6.42. The Labute approximate surface area is 233 Å². The van der Waals surface area contributed by atoms with Crippen molar-refractivity contribution in [1.82, 2.24) is 14.7 Å². The van der Waals surface area contributed by atoms with E-state index in [1.807, 2.05) is 6.07 Å². The van der Waals surface area contributed by atoms with Crippen LogP contribution in [0.25, 0.3) is 0 Å². The smallest absolute Gasteiger partial charge is 0.344 e. The second kappa shape index (κ2) is 12.6. The van der Waals surface area contributed by atoms with Gasteiger partial charge in [0.2, 0.25) is 5.91 Å². The Kier molecular flexibility index (Phi) is 9.67. The molecule has 4 nitrogen and oxygen atoms in total. The molecule has 2 fully saturated rings. The third-order valence-electron chi connectivity index (χ3n) is 7.84. The fourth-order valence-corrected chi connectivity index (χ4v) is 6.08. The van der Waals surface area contributed by atoms with E-state index in [-0.39, 0.29) is 5.91 Å². The molecule has 2 aromatic carbocycles. The van der Waals surface area contributed by atoms with Crippen molar-refractivity contribution >= 4 is 29.1 Å². The quantitative estimate of drug-likeness (QED) is 0.358. The van der Waals surface area contributed by atoms with Crippen molar-refractivity contribution in [2.24, 2.45) is 0 Å². The summed E-state index contributed by atoms with van der Waals surface area (Å²) in [4.78, 5) is 20.3. The number of rotatable bonds is 7. The second-order valence-corrected chi connectivity index (χ2v) is 11.5. The topological polar surface area (TPSA) is 26.8 Å². The highest BCUT2D eigenvalue weighted by atomic mass is 35.5. The average Bonchev–Trinajstić information content (AvgIpc) is 2.89. The summed E-state index contributed by atoms with van der Waals surface area (Å²) in [7, 11) is 1.72. The van der Waals surface area contributed by atoms with Gasteiger partial charge in [-0.25, -0.2) is 0 Å². The number of likely N-dealkylation sites (N-methyl/N-ethyl adjacent to an activating group) is 1. The normalized spacial score (nSPS) is 18.9. The number of nitrogens with zero attached hydrogens (tertiary/aromatic N) is 3. The first-order valence-corrected chi connectivity index (χ1v) is 14.1. The Balaban J connectivity index is 1.48. The zero-order chi connectivity index (χ0) is 27.4. The second-order valence-electron chi connectivity index (χ2n) is 10.7. The van der Waals surface area contributed by atoms with Crippen LogP contribution in [0.5, 0.6) is 0 Å². The van der Waals surface area contributed by atoms with E-state index in [0.29, 0.717) is 40.2 Å². The van der Waals surface area contributed by atoms with Gasteiger partial charge in [0.05, 0.1) is 15.6 Å². The molecule has 0 aromatic heterocycles. The zero-order valence-corrected chi connectivity index (χ0v) is 23.5. The van der Waals surface area contributed by atoms with Crippen molar-refractivity contribution in [3.8, 4) is 0 Å². The lowest BCUT2D eigenvalue weighted by atomic mass is 9.96. The molecule has 2 aromatic rings. The molecule has 2 aliphatic heterocycles. The molecule has 0 aliphatic carbocycles. The van der Waals surface area contributed by atoms with Crippen LogP contribution in [0.15, 0.2) is 36.4 Å². The number of carbonyl (C=O) groups excluding carboxylic acids is 1. The molecule has 2 heterocycles. The number of aryl methyl sites for hydroxylation is 1. The minimum absolute atomic E-state index is 0.0940. The van der Waals surface area contributed by atoms with Gasteiger partial charge in [-0.05, 0) is 87.5 Å². The van der Waals surface area contributed by atoms with Crippen LogP contribution in [0.1, 0.15) is 60.4 Å². The molecular formula is C29H36Cl2F3N3O. The van der Waals surface area contributed by atoms with E-state index in [2.05, 4.69) is 9.80 Å². The molecule has 0 bridgehead atoms. The van der Waals surface area contributed by atoms with Crippen LogP contribution in [-0.2, 0) is 17.4 Å². The number of benzene rings is 2. The van der Waals surface area contributed by atoms with Crippen molar-refractivity contribution in [2.45, 2.75) is 63.7 Å². The highest BCUT2D eigenvalue weighted by Crippen LogP contribution is 2.33. The molecule has 1 atom stereocenters. The van der Waals surface area contributed by atoms with Crippen LogP contribution in [0.4, 0.5) is 13.2 Å². The monoisotopic (exact) mass is 569 g/mol. The molecule has 2 saturated heterocycles. The first kappa shape index (κ1) is 29.2. The van der Waals surface area contributed by atoms with Gasteiger partial charge >= 0.3 is 6.18 Å². The SMILES string of the molecule is Cc1cc(CCN(C)C(=O)C(c2ccc(Cl)c(Cl)c2)N2CCC(N3CCCCC3)CC2)cc(C(F)(F)F)c1. The third-order valence-corrected chi connectivity index (χ3v) is 8.58. The van der Waals surface area contributed by atoms with Crippen molar-refractivity contribution < 1.29 is 18.0 Å². The number of hydrogen-bond acceptors (Lipinski definition) is 3. The van der Waals surface area contributed by atoms with E-state index in [1.165, 1.54) is 25.3 Å². The molecule has 1 unspecified atom stereocenters. The van der Waals surface area contributed by atoms with Crippen LogP contribution in [0.3, 0.4) is 0 Å². The average molecular weight is 571 g/mol. The number of likely N-dealkylation sites (tertiary alicyclic amines) is 2. The van der Waals surface area contributed by atoms with E-state index in [4.69, 9.17) is 23.2 Å². The predicted molar refractivity (Wildman–Crippen MR) is 147 cm³/mol. The minimum Gasteiger partial charge on any atom is -0.344 e. The van der Waals surface area contributed by atoms with Crippen LogP contribution in [0, 0.1) is 6.92 Å². The Morgan fingerprint density at radius 3 is 2.32 bits per heavy atom. The molecule has 1 amide bonds. The van der Waals surface area contributed by atoms with E-state index in [1.54, 1.807) is 37.1 Å². The maximum atomic E-state index is 13.9. The molecular weight excluding hydrogens is 534 g/mol. The number of hydrogen-bond donors (Lipinski definition) is 0. The predicted octanol–water partition coefficient (Wildman–Crippen LogP) is 7.01. The van der Waals surface area contributed by atoms with Crippen LogP contribution in [0.2, 0.25) is 10.0 Å². The summed E-state index contributed by atoms with van der Waals surface area (Å²) < 4.78 is 39.9. The van der Waals surface area contributed by atoms with Gasteiger partial charge < -0.3 is 9.80 Å². The first-order valence-electron chi connectivity index (χ1n) is 13.4. The van der Waals surface area contributed by atoms with Gasteiger partial charge in [-0.3, -0.25) is 9.69 Å². The number of amides is 1. The maximum Gasteiger partial charge on any atom is 0.416 e. The van der Waals surface area contributed by atoms with Gasteiger partial charge in [0.25, 0.3) is 0 Å². The summed E-state index contributed by atoms with van der Waals surface area (Å²) >= 11 is 12.5. The molecule has 9 heteroatoms. The molecule has 0 spiro atoms. The number of piperidine rings is 2. The maximum absolute atomic E-state index is 13.9. The Morgan fingerprint density at radius 2 is 1.68 bits per heavy atom. The summed E-state index contributed by atoms with van der Waals surface area (Å²) in [5.74, 6) is -0.0940. The Morgan fingerprint density at radius 1 is 1.00 bits per heavy atom. The van der Waals surface area contributed by atoms with Gasteiger partial charge in [0.15, 0.2) is 0 Å². The first-order chi connectivity index (χ1) is 18.0. The minimum atomic E-state index is -4.40. The van der Waals surface area contributed by atoms with Crippen molar-refractivity contribution in [3.63, 3.8) is 0 Å². The largest absolute Gasteiger partial charge is 0.416 e. The third kappa shape index (κ3) is 7.23. The molecule has 208 valence electrons. The fraction of sp³-hybridized carbons (Fsp3) is 0.552. The lowest BCUT2D eigenvalue weighted by Gasteiger charge is -2.43. The summed E-state index contributed by atoms with van der Waals surface area (Å²) in [5.41, 5.74) is 1.23. The number of carbonyl (C=O) groups is 1. The Bertz CT molecular complexity index is 1110. The number of alkyl halides is 3. The van der Waals surface area contributed by atoms with E-state index >= 15 is 0 Å². The number of halogens is 5. The lowest BCUT2D eigenvalue weighted by molar-refractivity contribution is -0.138. The van der Waals surface area contributed by atoms with E-state index in [0.717, 1.165) is 50.7 Å². The fourth-order valence-electron chi connectivity index (χ4n) is 5.77. The highest BCUT2D eigenvalue weighted by Gasteiger charge is 2.35. The van der Waals surface area contributed by atoms with Gasteiger partial charge in [0, 0.05) is 32.7 Å². The molecule has 4 rings (SSSR count). The van der Waals surface area contributed by atoms with E-state index in [9.17, 15) is 18.0 Å². The molecule has 0 saturated carbocycles. The molecule has 0 N–H and O–H groups in total. The van der Waals surface area contributed by atoms with Crippen molar-refractivity contribution in [2.75, 3.05) is 39.8 Å². The van der Waals surface area contributed by atoms with E-state index < -0.39 is 17.8 Å². The lowest BCUT2D eigenvalue weighted by Crippen LogP contribution is -2.50. The van der Waals surface area contributed by atoms with Gasteiger partial charge in [-0.1, -0.05) is 47.3 Å². The summed E-state index contributed by atoms with van der Waals surface area (Å²) in [5, 5.41) is 0.825.